The number of alkyl halides is 3. The Morgan fingerprint density at radius 2 is 1.75 bits per heavy atom. The number of hydrogen-bond acceptors (Lipinski definition) is 8. The van der Waals surface area contributed by atoms with Crippen LogP contribution in [0.3, 0.4) is 0 Å². The van der Waals surface area contributed by atoms with Crippen molar-refractivity contribution in [1.29, 1.82) is 0 Å². The molecule has 2 heterocycles. The summed E-state index contributed by atoms with van der Waals surface area (Å²) in [5.74, 6) is 0.316. The van der Waals surface area contributed by atoms with Gasteiger partial charge in [-0.1, -0.05) is 12.1 Å². The molecule has 36 heavy (non-hydrogen) atoms. The average molecular weight is 529 g/mol. The van der Waals surface area contributed by atoms with Gasteiger partial charge in [-0.15, -0.1) is 0 Å². The minimum atomic E-state index is -4.51. The van der Waals surface area contributed by atoms with E-state index in [1.165, 1.54) is 7.11 Å². The van der Waals surface area contributed by atoms with Crippen molar-refractivity contribution in [3.05, 3.63) is 24.3 Å². The number of aromatic amines is 1. The van der Waals surface area contributed by atoms with Gasteiger partial charge in [0, 0.05) is 17.6 Å². The number of H-pyrrole nitrogens is 1. The number of nitrogens with one attached hydrogen (secondary N) is 3. The van der Waals surface area contributed by atoms with Gasteiger partial charge in [0.05, 0.1) is 26.4 Å². The second kappa shape index (κ2) is 10.5. The fourth-order valence-electron chi connectivity index (χ4n) is 4.25. The number of fused-ring (bicyclic) bond motifs is 1. The molecule has 3 aromatic rings. The number of methoxy groups -OCH3 is 2. The van der Waals surface area contributed by atoms with Crippen LogP contribution in [0.1, 0.15) is 32.1 Å². The van der Waals surface area contributed by atoms with Crippen molar-refractivity contribution in [3.8, 4) is 22.9 Å². The third-order valence-electron chi connectivity index (χ3n) is 6.00. The largest absolute Gasteiger partial charge is 0.496 e. The number of rotatable bonds is 9. The monoisotopic (exact) mass is 528 g/mol. The molecule has 1 fully saturated rings. The topological polar surface area (TPSA) is 131 Å². The van der Waals surface area contributed by atoms with Crippen molar-refractivity contribution in [2.75, 3.05) is 25.3 Å². The minimum Gasteiger partial charge on any atom is -0.496 e. The van der Waals surface area contributed by atoms with E-state index in [9.17, 15) is 21.6 Å². The van der Waals surface area contributed by atoms with Crippen molar-refractivity contribution in [2.45, 2.75) is 50.4 Å². The summed E-state index contributed by atoms with van der Waals surface area (Å²) < 4.78 is 74.4. The van der Waals surface area contributed by atoms with E-state index < -0.39 is 34.4 Å². The molecule has 0 unspecified atom stereocenters. The van der Waals surface area contributed by atoms with Crippen LogP contribution in [0.15, 0.2) is 24.3 Å². The molecule has 1 aliphatic carbocycles. The quantitative estimate of drug-likeness (QED) is 0.384. The molecule has 0 radical (unpaired) electrons. The van der Waals surface area contributed by atoms with Gasteiger partial charge >= 0.3 is 6.18 Å². The maximum atomic E-state index is 12.4. The molecular formula is C22H27F3N6O4S. The van der Waals surface area contributed by atoms with E-state index in [4.69, 9.17) is 9.47 Å². The van der Waals surface area contributed by atoms with Crippen LogP contribution in [0.25, 0.3) is 22.3 Å². The molecule has 0 spiro atoms. The maximum Gasteiger partial charge on any atom is 0.390 e. The molecule has 14 heteroatoms. The molecule has 4 rings (SSSR count). The molecule has 0 saturated heterocycles. The Balaban J connectivity index is 1.43. The highest BCUT2D eigenvalue weighted by Gasteiger charge is 2.32. The molecule has 0 aliphatic heterocycles. The molecule has 1 aromatic carbocycles. The van der Waals surface area contributed by atoms with Crippen molar-refractivity contribution in [1.82, 2.24) is 24.9 Å². The van der Waals surface area contributed by atoms with E-state index in [0.717, 1.165) is 5.56 Å². The van der Waals surface area contributed by atoms with Crippen molar-refractivity contribution < 1.29 is 31.1 Å². The van der Waals surface area contributed by atoms with Crippen LogP contribution in [0.4, 0.5) is 19.1 Å². The number of aromatic nitrogens is 4. The average Bonchev–Trinajstić information content (AvgIpc) is 3.27. The van der Waals surface area contributed by atoms with Crippen LogP contribution < -0.4 is 19.5 Å². The number of benzene rings is 1. The van der Waals surface area contributed by atoms with E-state index in [2.05, 4.69) is 30.2 Å². The normalized spacial score (nSPS) is 18.8. The van der Waals surface area contributed by atoms with Crippen molar-refractivity contribution >= 4 is 27.0 Å². The van der Waals surface area contributed by atoms with E-state index in [1.54, 1.807) is 7.11 Å². The number of hydrogen-bond donors (Lipinski definition) is 3. The smallest absolute Gasteiger partial charge is 0.390 e. The van der Waals surface area contributed by atoms with Gasteiger partial charge in [0.1, 0.15) is 16.8 Å². The lowest BCUT2D eigenvalue weighted by molar-refractivity contribution is -0.130. The molecule has 0 atom stereocenters. The van der Waals surface area contributed by atoms with Crippen LogP contribution in [0, 0.1) is 0 Å². The minimum absolute atomic E-state index is 0.0419. The Hall–Kier alpha value is -3.13. The van der Waals surface area contributed by atoms with Gasteiger partial charge in [-0.2, -0.15) is 28.2 Å². The number of halogens is 3. The highest BCUT2D eigenvalue weighted by atomic mass is 32.2. The van der Waals surface area contributed by atoms with E-state index in [1.807, 2.05) is 24.3 Å². The first-order valence-corrected chi connectivity index (χ1v) is 13.0. The Kier molecular flexibility index (Phi) is 7.54. The zero-order valence-corrected chi connectivity index (χ0v) is 20.5. The number of para-hydroxylation sites is 1. The van der Waals surface area contributed by atoms with Crippen LogP contribution in [-0.4, -0.2) is 66.8 Å². The fraction of sp³-hybridized carbons (Fsp3) is 0.500. The van der Waals surface area contributed by atoms with Crippen molar-refractivity contribution in [3.63, 3.8) is 0 Å². The third-order valence-corrected chi connectivity index (χ3v) is 7.44. The van der Waals surface area contributed by atoms with Gasteiger partial charge < -0.3 is 14.8 Å². The number of nitrogens with zero attached hydrogens (tertiary/aromatic N) is 3. The van der Waals surface area contributed by atoms with Gasteiger partial charge in [-0.05, 0) is 37.8 Å². The Labute approximate surface area is 206 Å². The second-order valence-electron chi connectivity index (χ2n) is 8.55. The Morgan fingerprint density at radius 1 is 1.06 bits per heavy atom. The summed E-state index contributed by atoms with van der Waals surface area (Å²) in [5.41, 5.74) is 1.81. The molecule has 1 aliphatic rings. The predicted molar refractivity (Wildman–Crippen MR) is 127 cm³/mol. The lowest BCUT2D eigenvalue weighted by Gasteiger charge is -2.29. The molecular weight excluding hydrogens is 501 g/mol. The first-order valence-electron chi connectivity index (χ1n) is 11.4. The molecule has 2 aromatic heterocycles. The maximum absolute atomic E-state index is 12.4. The molecule has 3 N–H and O–H groups in total. The molecule has 196 valence electrons. The summed E-state index contributed by atoms with van der Waals surface area (Å²) >= 11 is 0. The number of ether oxygens (including phenoxy) is 2. The van der Waals surface area contributed by atoms with Crippen LogP contribution in [0.2, 0.25) is 0 Å². The summed E-state index contributed by atoms with van der Waals surface area (Å²) in [4.78, 5) is 9.02. The van der Waals surface area contributed by atoms with Gasteiger partial charge in [-0.3, -0.25) is 5.10 Å². The molecule has 1 saturated carbocycles. The fourth-order valence-corrected chi connectivity index (χ4v) is 5.61. The van der Waals surface area contributed by atoms with Gasteiger partial charge in [0.15, 0.2) is 5.65 Å². The van der Waals surface area contributed by atoms with E-state index in [0.29, 0.717) is 60.0 Å². The van der Waals surface area contributed by atoms with Gasteiger partial charge in [0.2, 0.25) is 21.9 Å². The van der Waals surface area contributed by atoms with E-state index >= 15 is 0 Å². The Bertz CT molecular complexity index is 1310. The summed E-state index contributed by atoms with van der Waals surface area (Å²) in [7, 11) is -0.926. The molecule has 0 bridgehead atoms. The van der Waals surface area contributed by atoms with Crippen LogP contribution in [0.5, 0.6) is 11.6 Å². The standard InChI is InChI=1S/C22H27F3N6O4S/c1-34-16-6-4-3-5-15(16)18-17-19(30-29-18)27-21(28-20(17)35-2)26-13-7-9-14(10-8-13)31-36(32,33)12-11-22(23,24)25/h3-6,13-14,31H,7-12H2,1-2H3,(H2,26,27,28,29,30)/t13-,14-. The highest BCUT2D eigenvalue weighted by molar-refractivity contribution is 7.89. The third kappa shape index (κ3) is 6.16. The van der Waals surface area contributed by atoms with Crippen molar-refractivity contribution in [2.24, 2.45) is 0 Å². The summed E-state index contributed by atoms with van der Waals surface area (Å²) in [6.45, 7) is 0. The lowest BCUT2D eigenvalue weighted by atomic mass is 9.92. The summed E-state index contributed by atoms with van der Waals surface area (Å²) in [6.07, 6.45) is -3.75. The predicted octanol–water partition coefficient (Wildman–Crippen LogP) is 3.63. The highest BCUT2D eigenvalue weighted by Crippen LogP contribution is 2.37. The number of sulfonamides is 1. The molecule has 0 amide bonds. The van der Waals surface area contributed by atoms with Gasteiger partial charge in [0.25, 0.3) is 0 Å². The first kappa shape index (κ1) is 25.9. The summed E-state index contributed by atoms with van der Waals surface area (Å²) in [5, 5.41) is 11.2. The summed E-state index contributed by atoms with van der Waals surface area (Å²) in [6, 6.07) is 6.97. The zero-order valence-electron chi connectivity index (χ0n) is 19.7. The first-order chi connectivity index (χ1) is 17.1. The van der Waals surface area contributed by atoms with Crippen LogP contribution >= 0.6 is 0 Å². The Morgan fingerprint density at radius 3 is 2.42 bits per heavy atom. The van der Waals surface area contributed by atoms with E-state index in [-0.39, 0.29) is 6.04 Å². The zero-order chi connectivity index (χ0) is 25.9. The SMILES string of the molecule is COc1ccccc1-c1n[nH]c2nc(N[C@H]3CC[C@H](NS(=O)(=O)CCC(F)(F)F)CC3)nc(OC)c12. The lowest BCUT2D eigenvalue weighted by Crippen LogP contribution is -2.41. The van der Waals surface area contributed by atoms with Crippen LogP contribution in [-0.2, 0) is 10.0 Å². The number of anilines is 1. The van der Waals surface area contributed by atoms with Gasteiger partial charge in [-0.25, -0.2) is 13.1 Å². The molecule has 10 nitrogen and oxygen atoms in total. The second-order valence-corrected chi connectivity index (χ2v) is 10.4.